The van der Waals surface area contributed by atoms with E-state index in [1.165, 1.54) is 0 Å². The van der Waals surface area contributed by atoms with Crippen LogP contribution < -0.4 is 0 Å². The molecule has 0 heterocycles. The van der Waals surface area contributed by atoms with E-state index < -0.39 is 0 Å². The van der Waals surface area contributed by atoms with E-state index in [2.05, 4.69) is 29.8 Å². The number of phenolic OH excluding ortho intramolecular Hbond substituents is 1. The molecule has 1 rings (SSSR count). The van der Waals surface area contributed by atoms with Crippen molar-refractivity contribution in [3.05, 3.63) is 28.2 Å². The van der Waals surface area contributed by atoms with Crippen molar-refractivity contribution in [3.8, 4) is 5.75 Å². The van der Waals surface area contributed by atoms with Gasteiger partial charge in [0.15, 0.2) is 0 Å². The molecule has 0 fully saturated rings. The molecule has 0 spiro atoms. The lowest BCUT2D eigenvalue weighted by Gasteiger charge is -2.08. The van der Waals surface area contributed by atoms with Crippen LogP contribution in [0.15, 0.2) is 22.7 Å². The molecule has 0 aliphatic rings. The molecule has 0 aliphatic heterocycles. The fraction of sp³-hybridized carbons (Fsp3) is 0.455. The monoisotopic (exact) mass is 258 g/mol. The van der Waals surface area contributed by atoms with E-state index in [0.29, 0.717) is 19.1 Å². The number of ether oxygens (including phenoxy) is 1. The number of hydrogen-bond acceptors (Lipinski definition) is 2. The van der Waals surface area contributed by atoms with Gasteiger partial charge in [-0.3, -0.25) is 0 Å². The van der Waals surface area contributed by atoms with Crippen molar-refractivity contribution in [2.24, 2.45) is 5.92 Å². The predicted molar refractivity (Wildman–Crippen MR) is 60.3 cm³/mol. The Kier molecular flexibility index (Phi) is 4.42. The largest absolute Gasteiger partial charge is 0.508 e. The zero-order valence-corrected chi connectivity index (χ0v) is 10.0. The molecule has 1 N–H and O–H groups in total. The highest BCUT2D eigenvalue weighted by Crippen LogP contribution is 2.22. The number of halogens is 1. The Hall–Kier alpha value is -0.540. The van der Waals surface area contributed by atoms with E-state index >= 15 is 0 Å². The van der Waals surface area contributed by atoms with Gasteiger partial charge in [-0.25, -0.2) is 0 Å². The maximum Gasteiger partial charge on any atom is 0.121 e. The summed E-state index contributed by atoms with van der Waals surface area (Å²) in [5.41, 5.74) is 0.819. The van der Waals surface area contributed by atoms with Gasteiger partial charge in [0.05, 0.1) is 6.61 Å². The van der Waals surface area contributed by atoms with E-state index in [9.17, 15) is 5.11 Å². The third kappa shape index (κ3) is 3.68. The van der Waals surface area contributed by atoms with Crippen LogP contribution in [0.1, 0.15) is 19.4 Å². The summed E-state index contributed by atoms with van der Waals surface area (Å²) in [6.45, 7) is 5.37. The smallest absolute Gasteiger partial charge is 0.121 e. The summed E-state index contributed by atoms with van der Waals surface area (Å²) in [6.07, 6.45) is 0. The molecule has 0 saturated heterocycles. The second-order valence-electron chi connectivity index (χ2n) is 3.68. The van der Waals surface area contributed by atoms with Crippen LogP contribution >= 0.6 is 15.9 Å². The summed E-state index contributed by atoms with van der Waals surface area (Å²) in [6, 6.07) is 5.34. The van der Waals surface area contributed by atoms with Crippen molar-refractivity contribution >= 4 is 15.9 Å². The molecule has 0 amide bonds. The lowest BCUT2D eigenvalue weighted by molar-refractivity contribution is 0.0956. The summed E-state index contributed by atoms with van der Waals surface area (Å²) in [5.74, 6) is 0.807. The van der Waals surface area contributed by atoms with Crippen LogP contribution in [0.5, 0.6) is 5.75 Å². The van der Waals surface area contributed by atoms with Crippen LogP contribution in [-0.2, 0) is 11.3 Å². The summed E-state index contributed by atoms with van der Waals surface area (Å²) >= 11 is 3.35. The van der Waals surface area contributed by atoms with Crippen LogP contribution in [-0.4, -0.2) is 11.7 Å². The van der Waals surface area contributed by atoms with Crippen molar-refractivity contribution in [3.63, 3.8) is 0 Å². The van der Waals surface area contributed by atoms with Crippen molar-refractivity contribution in [2.45, 2.75) is 20.5 Å². The van der Waals surface area contributed by atoms with Crippen LogP contribution in [0.2, 0.25) is 0 Å². The van der Waals surface area contributed by atoms with Gasteiger partial charge in [0.2, 0.25) is 0 Å². The Morgan fingerprint density at radius 1 is 1.43 bits per heavy atom. The SMILES string of the molecule is CC(C)COCc1cc(Br)ccc1O. The van der Waals surface area contributed by atoms with E-state index in [-0.39, 0.29) is 5.75 Å². The highest BCUT2D eigenvalue weighted by atomic mass is 79.9. The molecule has 0 aromatic heterocycles. The van der Waals surface area contributed by atoms with Gasteiger partial charge < -0.3 is 9.84 Å². The summed E-state index contributed by atoms with van der Waals surface area (Å²) in [5, 5.41) is 9.50. The molecular weight excluding hydrogens is 244 g/mol. The van der Waals surface area contributed by atoms with Crippen molar-refractivity contribution < 1.29 is 9.84 Å². The van der Waals surface area contributed by atoms with Gasteiger partial charge in [0, 0.05) is 16.6 Å². The number of phenols is 1. The van der Waals surface area contributed by atoms with Crippen molar-refractivity contribution in [1.29, 1.82) is 0 Å². The number of rotatable bonds is 4. The fourth-order valence-corrected chi connectivity index (χ4v) is 1.48. The predicted octanol–water partition coefficient (Wildman–Crippen LogP) is 3.33. The Morgan fingerprint density at radius 2 is 2.14 bits per heavy atom. The van der Waals surface area contributed by atoms with Gasteiger partial charge in [0.1, 0.15) is 5.75 Å². The standard InChI is InChI=1S/C11H15BrO2/c1-8(2)6-14-7-9-5-10(12)3-4-11(9)13/h3-5,8,13H,6-7H2,1-2H3. The lowest BCUT2D eigenvalue weighted by atomic mass is 10.2. The van der Waals surface area contributed by atoms with Gasteiger partial charge >= 0.3 is 0 Å². The minimum Gasteiger partial charge on any atom is -0.508 e. The van der Waals surface area contributed by atoms with Crippen LogP contribution in [0, 0.1) is 5.92 Å². The first-order valence-electron chi connectivity index (χ1n) is 4.64. The molecule has 0 atom stereocenters. The summed E-state index contributed by atoms with van der Waals surface area (Å²) in [7, 11) is 0. The molecule has 0 radical (unpaired) electrons. The molecule has 2 nitrogen and oxygen atoms in total. The van der Waals surface area contributed by atoms with Crippen molar-refractivity contribution in [2.75, 3.05) is 6.61 Å². The minimum absolute atomic E-state index is 0.289. The topological polar surface area (TPSA) is 29.5 Å². The van der Waals surface area contributed by atoms with E-state index in [0.717, 1.165) is 10.0 Å². The quantitative estimate of drug-likeness (QED) is 0.898. The molecule has 3 heteroatoms. The van der Waals surface area contributed by atoms with Crippen LogP contribution in [0.4, 0.5) is 0 Å². The fourth-order valence-electron chi connectivity index (χ4n) is 1.07. The highest BCUT2D eigenvalue weighted by molar-refractivity contribution is 9.10. The Balaban J connectivity index is 2.53. The van der Waals surface area contributed by atoms with E-state index in [1.54, 1.807) is 12.1 Å². The maximum atomic E-state index is 9.50. The number of benzene rings is 1. The lowest BCUT2D eigenvalue weighted by Crippen LogP contribution is -2.01. The second-order valence-corrected chi connectivity index (χ2v) is 4.60. The summed E-state index contributed by atoms with van der Waals surface area (Å²) in [4.78, 5) is 0. The van der Waals surface area contributed by atoms with Gasteiger partial charge in [-0.2, -0.15) is 0 Å². The molecule has 1 aromatic carbocycles. The van der Waals surface area contributed by atoms with Gasteiger partial charge in [0.25, 0.3) is 0 Å². The highest BCUT2D eigenvalue weighted by Gasteiger charge is 2.02. The molecule has 0 saturated carbocycles. The Labute approximate surface area is 93.0 Å². The zero-order chi connectivity index (χ0) is 10.6. The zero-order valence-electron chi connectivity index (χ0n) is 8.46. The van der Waals surface area contributed by atoms with Crippen LogP contribution in [0.25, 0.3) is 0 Å². The Morgan fingerprint density at radius 3 is 2.79 bits per heavy atom. The first-order valence-corrected chi connectivity index (χ1v) is 5.44. The molecule has 0 bridgehead atoms. The molecule has 0 unspecified atom stereocenters. The second kappa shape index (κ2) is 5.37. The third-order valence-electron chi connectivity index (χ3n) is 1.75. The number of hydrogen-bond donors (Lipinski definition) is 1. The summed E-state index contributed by atoms with van der Waals surface area (Å²) < 4.78 is 6.39. The van der Waals surface area contributed by atoms with Gasteiger partial charge in [-0.05, 0) is 24.1 Å². The molecule has 0 aliphatic carbocycles. The Bertz CT molecular complexity index is 297. The molecule has 14 heavy (non-hydrogen) atoms. The van der Waals surface area contributed by atoms with Crippen LogP contribution in [0.3, 0.4) is 0 Å². The maximum absolute atomic E-state index is 9.50. The first kappa shape index (κ1) is 11.5. The van der Waals surface area contributed by atoms with Gasteiger partial charge in [-0.15, -0.1) is 0 Å². The molecular formula is C11H15BrO2. The molecule has 78 valence electrons. The average molecular weight is 259 g/mol. The molecule has 1 aromatic rings. The number of aromatic hydroxyl groups is 1. The third-order valence-corrected chi connectivity index (χ3v) is 2.24. The average Bonchev–Trinajstić information content (AvgIpc) is 2.10. The normalized spacial score (nSPS) is 10.9. The van der Waals surface area contributed by atoms with Crippen molar-refractivity contribution in [1.82, 2.24) is 0 Å². The van der Waals surface area contributed by atoms with E-state index in [1.807, 2.05) is 6.07 Å². The van der Waals surface area contributed by atoms with Gasteiger partial charge in [-0.1, -0.05) is 29.8 Å². The van der Waals surface area contributed by atoms with E-state index in [4.69, 9.17) is 4.74 Å². The first-order chi connectivity index (χ1) is 6.59. The minimum atomic E-state index is 0.289.